The standard InChI is InChI=1S/C13H17N3O4/c1-20-13(19)10-5-3-7-16(10)8-11(17)15-12(18)9-4-2-6-14-9/h2,4,6,10,14H,3,5,7-8H2,1H3,(H,15,17,18). The van der Waals surface area contributed by atoms with Gasteiger partial charge in [-0.2, -0.15) is 0 Å². The Kier molecular flexibility index (Phi) is 4.52. The summed E-state index contributed by atoms with van der Waals surface area (Å²) in [6, 6.07) is 2.86. The molecule has 0 aromatic carbocycles. The molecule has 20 heavy (non-hydrogen) atoms. The van der Waals surface area contributed by atoms with E-state index in [1.165, 1.54) is 7.11 Å². The highest BCUT2D eigenvalue weighted by Gasteiger charge is 2.32. The zero-order valence-corrected chi connectivity index (χ0v) is 11.2. The Morgan fingerprint density at radius 2 is 2.30 bits per heavy atom. The largest absolute Gasteiger partial charge is 0.468 e. The van der Waals surface area contributed by atoms with E-state index in [9.17, 15) is 14.4 Å². The second-order valence-electron chi connectivity index (χ2n) is 4.61. The van der Waals surface area contributed by atoms with Crippen molar-refractivity contribution in [1.29, 1.82) is 0 Å². The van der Waals surface area contributed by atoms with E-state index >= 15 is 0 Å². The molecule has 2 rings (SSSR count). The lowest BCUT2D eigenvalue weighted by Crippen LogP contribution is -2.44. The van der Waals surface area contributed by atoms with Crippen LogP contribution in [-0.2, 0) is 14.3 Å². The summed E-state index contributed by atoms with van der Waals surface area (Å²) in [4.78, 5) is 39.5. The van der Waals surface area contributed by atoms with E-state index in [1.54, 1.807) is 23.2 Å². The van der Waals surface area contributed by atoms with Gasteiger partial charge in [0.25, 0.3) is 5.91 Å². The normalized spacial score (nSPS) is 18.8. The first kappa shape index (κ1) is 14.3. The van der Waals surface area contributed by atoms with Crippen LogP contribution in [0.1, 0.15) is 23.3 Å². The highest BCUT2D eigenvalue weighted by molar-refractivity contribution is 6.04. The second-order valence-corrected chi connectivity index (χ2v) is 4.61. The Labute approximate surface area is 116 Å². The van der Waals surface area contributed by atoms with E-state index in [4.69, 9.17) is 4.74 Å². The number of amides is 2. The van der Waals surface area contributed by atoms with Gasteiger partial charge in [0.05, 0.1) is 13.7 Å². The average molecular weight is 279 g/mol. The Balaban J connectivity index is 1.88. The molecule has 1 aromatic rings. The molecule has 1 aromatic heterocycles. The van der Waals surface area contributed by atoms with Crippen molar-refractivity contribution in [2.24, 2.45) is 0 Å². The maximum absolute atomic E-state index is 11.8. The minimum absolute atomic E-state index is 0.00617. The molecule has 1 saturated heterocycles. The number of imide groups is 1. The summed E-state index contributed by atoms with van der Waals surface area (Å²) in [6.07, 6.45) is 3.11. The number of aromatic nitrogens is 1. The molecule has 0 spiro atoms. The minimum atomic E-state index is -0.478. The van der Waals surface area contributed by atoms with Gasteiger partial charge in [-0.25, -0.2) is 0 Å². The van der Waals surface area contributed by atoms with E-state index < -0.39 is 17.9 Å². The molecule has 2 heterocycles. The number of nitrogens with zero attached hydrogens (tertiary/aromatic N) is 1. The Bertz CT molecular complexity index is 498. The van der Waals surface area contributed by atoms with Crippen LogP contribution >= 0.6 is 0 Å². The molecule has 7 heteroatoms. The number of ether oxygens (including phenoxy) is 1. The van der Waals surface area contributed by atoms with Gasteiger partial charge in [-0.05, 0) is 31.5 Å². The number of carbonyl (C=O) groups excluding carboxylic acids is 3. The molecular formula is C13H17N3O4. The molecule has 7 nitrogen and oxygen atoms in total. The number of aromatic amines is 1. The zero-order valence-electron chi connectivity index (χ0n) is 11.2. The first-order valence-electron chi connectivity index (χ1n) is 6.41. The third-order valence-electron chi connectivity index (χ3n) is 3.28. The molecule has 2 N–H and O–H groups in total. The summed E-state index contributed by atoms with van der Waals surface area (Å²) in [5.41, 5.74) is 0.323. The van der Waals surface area contributed by atoms with E-state index in [0.717, 1.165) is 6.42 Å². The topological polar surface area (TPSA) is 91.5 Å². The van der Waals surface area contributed by atoms with Gasteiger partial charge >= 0.3 is 5.97 Å². The van der Waals surface area contributed by atoms with E-state index in [0.29, 0.717) is 18.7 Å². The third-order valence-corrected chi connectivity index (χ3v) is 3.28. The van der Waals surface area contributed by atoms with Crippen molar-refractivity contribution in [3.63, 3.8) is 0 Å². The van der Waals surface area contributed by atoms with Gasteiger partial charge in [0.15, 0.2) is 0 Å². The van der Waals surface area contributed by atoms with Gasteiger partial charge in [-0.1, -0.05) is 0 Å². The van der Waals surface area contributed by atoms with E-state index in [2.05, 4.69) is 10.3 Å². The number of carbonyl (C=O) groups is 3. The van der Waals surface area contributed by atoms with Crippen molar-refractivity contribution < 1.29 is 19.1 Å². The van der Waals surface area contributed by atoms with Gasteiger partial charge in [0, 0.05) is 6.20 Å². The highest BCUT2D eigenvalue weighted by Crippen LogP contribution is 2.17. The molecule has 2 amide bonds. The van der Waals surface area contributed by atoms with Crippen molar-refractivity contribution in [2.75, 3.05) is 20.2 Å². The van der Waals surface area contributed by atoms with Gasteiger partial charge < -0.3 is 9.72 Å². The number of likely N-dealkylation sites (tertiary alicyclic amines) is 1. The van der Waals surface area contributed by atoms with Crippen molar-refractivity contribution in [2.45, 2.75) is 18.9 Å². The van der Waals surface area contributed by atoms with Gasteiger partial charge in [-0.15, -0.1) is 0 Å². The summed E-state index contributed by atoms with van der Waals surface area (Å²) >= 11 is 0. The molecule has 1 atom stereocenters. The monoisotopic (exact) mass is 279 g/mol. The number of H-pyrrole nitrogens is 1. The van der Waals surface area contributed by atoms with Crippen LogP contribution in [0.4, 0.5) is 0 Å². The van der Waals surface area contributed by atoms with Gasteiger partial charge in [-0.3, -0.25) is 24.6 Å². The molecular weight excluding hydrogens is 262 g/mol. The van der Waals surface area contributed by atoms with Crippen LogP contribution in [0.25, 0.3) is 0 Å². The quantitative estimate of drug-likeness (QED) is 0.751. The summed E-state index contributed by atoms with van der Waals surface area (Å²) in [5.74, 6) is -1.25. The summed E-state index contributed by atoms with van der Waals surface area (Å²) in [5, 5.41) is 2.28. The minimum Gasteiger partial charge on any atom is -0.468 e. The van der Waals surface area contributed by atoms with E-state index in [1.807, 2.05) is 0 Å². The van der Waals surface area contributed by atoms with Crippen LogP contribution in [0.2, 0.25) is 0 Å². The van der Waals surface area contributed by atoms with Crippen LogP contribution in [0, 0.1) is 0 Å². The fourth-order valence-electron chi connectivity index (χ4n) is 2.31. The number of rotatable bonds is 4. The average Bonchev–Trinajstić information content (AvgIpc) is 3.08. The Morgan fingerprint density at radius 3 is 2.95 bits per heavy atom. The maximum Gasteiger partial charge on any atom is 0.323 e. The van der Waals surface area contributed by atoms with Crippen molar-refractivity contribution >= 4 is 17.8 Å². The smallest absolute Gasteiger partial charge is 0.323 e. The fraction of sp³-hybridized carbons (Fsp3) is 0.462. The zero-order chi connectivity index (χ0) is 14.5. The summed E-state index contributed by atoms with van der Waals surface area (Å²) in [7, 11) is 1.33. The Morgan fingerprint density at radius 1 is 1.50 bits per heavy atom. The summed E-state index contributed by atoms with van der Waals surface area (Å²) < 4.78 is 4.70. The van der Waals surface area contributed by atoms with Crippen LogP contribution in [0.15, 0.2) is 18.3 Å². The van der Waals surface area contributed by atoms with Crippen molar-refractivity contribution in [3.05, 3.63) is 24.0 Å². The molecule has 108 valence electrons. The maximum atomic E-state index is 11.8. The Hall–Kier alpha value is -2.15. The van der Waals surface area contributed by atoms with E-state index in [-0.39, 0.29) is 12.5 Å². The van der Waals surface area contributed by atoms with Gasteiger partial charge in [0.2, 0.25) is 5.91 Å². The molecule has 0 saturated carbocycles. The first-order valence-corrected chi connectivity index (χ1v) is 6.41. The molecule has 1 unspecified atom stereocenters. The molecule has 1 fully saturated rings. The molecule has 1 aliphatic heterocycles. The lowest BCUT2D eigenvalue weighted by Gasteiger charge is -2.21. The molecule has 0 bridgehead atoms. The first-order chi connectivity index (χ1) is 9.61. The van der Waals surface area contributed by atoms with Gasteiger partial charge in [0.1, 0.15) is 11.7 Å². The van der Waals surface area contributed by atoms with Crippen molar-refractivity contribution in [3.8, 4) is 0 Å². The van der Waals surface area contributed by atoms with Crippen LogP contribution in [-0.4, -0.2) is 53.9 Å². The van der Waals surface area contributed by atoms with Crippen LogP contribution < -0.4 is 5.32 Å². The predicted octanol–water partition coefficient (Wildman–Crippen LogP) is -0.0915. The second kappa shape index (κ2) is 6.33. The van der Waals surface area contributed by atoms with Crippen LogP contribution in [0.3, 0.4) is 0 Å². The SMILES string of the molecule is COC(=O)C1CCCN1CC(=O)NC(=O)c1ccc[nH]1. The summed E-state index contributed by atoms with van der Waals surface area (Å²) in [6.45, 7) is 0.649. The number of nitrogens with one attached hydrogen (secondary N) is 2. The molecule has 0 aliphatic carbocycles. The predicted molar refractivity (Wildman–Crippen MR) is 69.9 cm³/mol. The number of esters is 1. The molecule has 0 radical (unpaired) electrons. The van der Waals surface area contributed by atoms with Crippen molar-refractivity contribution in [1.82, 2.24) is 15.2 Å². The third kappa shape index (κ3) is 3.24. The lowest BCUT2D eigenvalue weighted by molar-refractivity contribution is -0.146. The number of hydrogen-bond acceptors (Lipinski definition) is 5. The fourth-order valence-corrected chi connectivity index (χ4v) is 2.31. The van der Waals surface area contributed by atoms with Crippen LogP contribution in [0.5, 0.6) is 0 Å². The number of methoxy groups -OCH3 is 1. The number of hydrogen-bond donors (Lipinski definition) is 2. The highest BCUT2D eigenvalue weighted by atomic mass is 16.5. The molecule has 1 aliphatic rings. The lowest BCUT2D eigenvalue weighted by atomic mass is 10.2.